The lowest BCUT2D eigenvalue weighted by molar-refractivity contribution is 0.660. The van der Waals surface area contributed by atoms with Gasteiger partial charge in [0.05, 0.1) is 11.4 Å². The molecule has 0 heterocycles. The number of rotatable bonds is 8. The van der Waals surface area contributed by atoms with E-state index in [4.69, 9.17) is 0 Å². The Labute approximate surface area is 364 Å². The Morgan fingerprint density at radius 1 is 0.290 bits per heavy atom. The van der Waals surface area contributed by atoms with Crippen LogP contribution in [0.4, 0.5) is 17.1 Å². The molecule has 0 radical (unpaired) electrons. The highest BCUT2D eigenvalue weighted by Crippen LogP contribution is 2.51. The van der Waals surface area contributed by atoms with Crippen molar-refractivity contribution in [3.63, 3.8) is 0 Å². The topological polar surface area (TPSA) is 3.24 Å². The summed E-state index contributed by atoms with van der Waals surface area (Å²) in [6, 6.07) is 86.6. The highest BCUT2D eigenvalue weighted by Gasteiger charge is 2.35. The molecule has 0 aromatic heterocycles. The lowest BCUT2D eigenvalue weighted by Gasteiger charge is -2.30. The Morgan fingerprint density at radius 3 is 1.45 bits per heavy atom. The number of fused-ring (bicyclic) bond motifs is 4. The molecule has 1 heteroatoms. The molecule has 0 saturated carbocycles. The first-order valence-corrected chi connectivity index (χ1v) is 21.6. The fourth-order valence-electron chi connectivity index (χ4n) is 9.80. The first-order chi connectivity index (χ1) is 30.5. The van der Waals surface area contributed by atoms with Crippen LogP contribution in [0.2, 0.25) is 0 Å². The Bertz CT molecular complexity index is 3230. The first kappa shape index (κ1) is 37.3. The standard InChI is InChI=1S/C61H45N/c1-61(2)56-28-12-9-24-52(56)53-40-37-48(41-57(53)61)44-35-38-49(39-36-44)62(58-29-13-10-23-50(58)46-33-31-43(32-34-46)42-17-5-3-6-18-42)59-30-14-11-25-54(59)55-27-16-22-47-21-15-26-51(60(47)55)45-19-7-4-8-20-45/h3-41H,1-2H3. The van der Waals surface area contributed by atoms with Gasteiger partial charge in [0.15, 0.2) is 0 Å². The Morgan fingerprint density at radius 2 is 0.742 bits per heavy atom. The third-order valence-corrected chi connectivity index (χ3v) is 12.9. The lowest BCUT2D eigenvalue weighted by Crippen LogP contribution is -2.14. The molecule has 0 aliphatic heterocycles. The first-order valence-electron chi connectivity index (χ1n) is 21.6. The molecule has 0 spiro atoms. The van der Waals surface area contributed by atoms with Gasteiger partial charge in [-0.3, -0.25) is 0 Å². The van der Waals surface area contributed by atoms with Crippen molar-refractivity contribution in [1.82, 2.24) is 0 Å². The smallest absolute Gasteiger partial charge is 0.0540 e. The van der Waals surface area contributed by atoms with Gasteiger partial charge >= 0.3 is 0 Å². The van der Waals surface area contributed by atoms with Crippen molar-refractivity contribution in [3.05, 3.63) is 248 Å². The van der Waals surface area contributed by atoms with Crippen molar-refractivity contribution in [2.75, 3.05) is 4.90 Å². The molecular formula is C61H45N. The molecule has 0 saturated heterocycles. The zero-order chi connectivity index (χ0) is 41.6. The molecule has 1 nitrogen and oxygen atoms in total. The minimum atomic E-state index is -0.0621. The van der Waals surface area contributed by atoms with Crippen molar-refractivity contribution >= 4 is 27.8 Å². The molecule has 1 aliphatic rings. The normalized spacial score (nSPS) is 12.5. The Kier molecular flexibility index (Phi) is 9.24. The Balaban J connectivity index is 1.08. The van der Waals surface area contributed by atoms with Gasteiger partial charge in [-0.2, -0.15) is 0 Å². The van der Waals surface area contributed by atoms with Crippen molar-refractivity contribution in [3.8, 4) is 66.8 Å². The van der Waals surface area contributed by atoms with E-state index < -0.39 is 0 Å². The van der Waals surface area contributed by atoms with E-state index in [0.717, 1.165) is 28.2 Å². The molecular weight excluding hydrogens is 747 g/mol. The summed E-state index contributed by atoms with van der Waals surface area (Å²) in [7, 11) is 0. The van der Waals surface area contributed by atoms with Crippen LogP contribution in [0.3, 0.4) is 0 Å². The minimum Gasteiger partial charge on any atom is -0.309 e. The van der Waals surface area contributed by atoms with Gasteiger partial charge in [0.2, 0.25) is 0 Å². The molecule has 0 fully saturated rings. The van der Waals surface area contributed by atoms with Gasteiger partial charge in [-0.1, -0.05) is 220 Å². The highest BCUT2D eigenvalue weighted by atomic mass is 15.1. The van der Waals surface area contributed by atoms with E-state index in [1.807, 2.05) is 0 Å². The fraction of sp³-hybridized carbons (Fsp3) is 0.0492. The van der Waals surface area contributed by atoms with Crippen molar-refractivity contribution in [2.24, 2.45) is 0 Å². The average molecular weight is 792 g/mol. The van der Waals surface area contributed by atoms with Gasteiger partial charge < -0.3 is 4.90 Å². The van der Waals surface area contributed by atoms with Crippen LogP contribution in [0.25, 0.3) is 77.5 Å². The van der Waals surface area contributed by atoms with Crippen LogP contribution in [-0.4, -0.2) is 0 Å². The quantitative estimate of drug-likeness (QED) is 0.148. The molecule has 0 unspecified atom stereocenters. The van der Waals surface area contributed by atoms with E-state index in [0.29, 0.717) is 0 Å². The molecule has 10 aromatic rings. The van der Waals surface area contributed by atoms with E-state index in [-0.39, 0.29) is 5.41 Å². The number of anilines is 3. The fourth-order valence-corrected chi connectivity index (χ4v) is 9.80. The van der Waals surface area contributed by atoms with Gasteiger partial charge in [-0.05, 0) is 108 Å². The van der Waals surface area contributed by atoms with E-state index >= 15 is 0 Å². The van der Waals surface area contributed by atoms with Crippen molar-refractivity contribution in [2.45, 2.75) is 19.3 Å². The van der Waals surface area contributed by atoms with E-state index in [2.05, 4.69) is 255 Å². The number of benzene rings is 10. The van der Waals surface area contributed by atoms with Gasteiger partial charge in [0.25, 0.3) is 0 Å². The monoisotopic (exact) mass is 791 g/mol. The number of hydrogen-bond donors (Lipinski definition) is 0. The van der Waals surface area contributed by atoms with Crippen molar-refractivity contribution in [1.29, 1.82) is 0 Å². The second-order valence-corrected chi connectivity index (χ2v) is 16.9. The van der Waals surface area contributed by atoms with Crippen LogP contribution in [0, 0.1) is 0 Å². The maximum Gasteiger partial charge on any atom is 0.0540 e. The zero-order valence-corrected chi connectivity index (χ0v) is 35.0. The van der Waals surface area contributed by atoms with Gasteiger partial charge in [-0.15, -0.1) is 0 Å². The van der Waals surface area contributed by atoms with Gasteiger partial charge in [0, 0.05) is 22.2 Å². The number of hydrogen-bond acceptors (Lipinski definition) is 1. The van der Waals surface area contributed by atoms with Crippen LogP contribution >= 0.6 is 0 Å². The summed E-state index contributed by atoms with van der Waals surface area (Å²) in [5.41, 5.74) is 20.7. The van der Waals surface area contributed by atoms with Gasteiger partial charge in [0.1, 0.15) is 0 Å². The molecule has 294 valence electrons. The number of para-hydroxylation sites is 2. The maximum absolute atomic E-state index is 2.46. The zero-order valence-electron chi connectivity index (χ0n) is 35.0. The van der Waals surface area contributed by atoms with Crippen LogP contribution in [-0.2, 0) is 5.41 Å². The van der Waals surface area contributed by atoms with Crippen molar-refractivity contribution < 1.29 is 0 Å². The minimum absolute atomic E-state index is 0.0621. The van der Waals surface area contributed by atoms with Gasteiger partial charge in [-0.25, -0.2) is 0 Å². The molecule has 0 amide bonds. The largest absolute Gasteiger partial charge is 0.309 e. The van der Waals surface area contributed by atoms with E-state index in [9.17, 15) is 0 Å². The SMILES string of the molecule is CC1(C)c2ccccc2-c2ccc(-c3ccc(N(c4ccccc4-c4ccc(-c5ccccc5)cc4)c4ccccc4-c4cccc5cccc(-c6ccccc6)c45)cc3)cc21. The second-order valence-electron chi connectivity index (χ2n) is 16.9. The van der Waals surface area contributed by atoms with Crippen LogP contribution in [0.15, 0.2) is 237 Å². The van der Waals surface area contributed by atoms with E-state index in [1.54, 1.807) is 0 Å². The predicted octanol–water partition coefficient (Wildman–Crippen LogP) is 17.0. The molecule has 0 bridgehead atoms. The maximum atomic E-state index is 2.46. The summed E-state index contributed by atoms with van der Waals surface area (Å²) in [6.07, 6.45) is 0. The summed E-state index contributed by atoms with van der Waals surface area (Å²) < 4.78 is 0. The van der Waals surface area contributed by atoms with Crippen LogP contribution < -0.4 is 4.90 Å². The highest BCUT2D eigenvalue weighted by molar-refractivity contribution is 6.09. The van der Waals surface area contributed by atoms with E-state index in [1.165, 1.54) is 77.5 Å². The Hall–Kier alpha value is -7.74. The molecule has 11 rings (SSSR count). The summed E-state index contributed by atoms with van der Waals surface area (Å²) in [5.74, 6) is 0. The third-order valence-electron chi connectivity index (χ3n) is 12.9. The molecule has 1 aliphatic carbocycles. The predicted molar refractivity (Wildman–Crippen MR) is 263 cm³/mol. The van der Waals surface area contributed by atoms with Crippen LogP contribution in [0.1, 0.15) is 25.0 Å². The second kappa shape index (κ2) is 15.4. The van der Waals surface area contributed by atoms with Crippen LogP contribution in [0.5, 0.6) is 0 Å². The summed E-state index contributed by atoms with van der Waals surface area (Å²) >= 11 is 0. The molecule has 62 heavy (non-hydrogen) atoms. The molecule has 0 N–H and O–H groups in total. The summed E-state index contributed by atoms with van der Waals surface area (Å²) in [5, 5.41) is 2.46. The summed E-state index contributed by atoms with van der Waals surface area (Å²) in [4.78, 5) is 2.46. The molecule has 0 atom stereocenters. The summed E-state index contributed by atoms with van der Waals surface area (Å²) in [6.45, 7) is 4.70. The molecule has 10 aromatic carbocycles. The average Bonchev–Trinajstić information content (AvgIpc) is 3.57. The lowest BCUT2D eigenvalue weighted by atomic mass is 9.81. The number of nitrogens with zero attached hydrogens (tertiary/aromatic N) is 1. The third kappa shape index (κ3) is 6.42.